The van der Waals surface area contributed by atoms with Crippen LogP contribution in [-0.2, 0) is 6.42 Å². The largest absolute Gasteiger partial charge is 0.355 e. The van der Waals surface area contributed by atoms with Gasteiger partial charge in [-0.05, 0) is 75.9 Å². The Morgan fingerprint density at radius 3 is 2.57 bits per heavy atom. The van der Waals surface area contributed by atoms with E-state index in [1.807, 2.05) is 0 Å². The highest BCUT2D eigenvalue weighted by molar-refractivity contribution is 5.92. The first-order valence-electron chi connectivity index (χ1n) is 11.2. The van der Waals surface area contributed by atoms with Gasteiger partial charge < -0.3 is 9.80 Å². The van der Waals surface area contributed by atoms with E-state index in [1.54, 1.807) is 0 Å². The summed E-state index contributed by atoms with van der Waals surface area (Å²) in [6, 6.07) is 9.47. The molecule has 0 aliphatic carbocycles. The molecule has 1 aromatic heterocycles. The number of aryl methyl sites for hydroxylation is 2. The van der Waals surface area contributed by atoms with Gasteiger partial charge in [-0.2, -0.15) is 0 Å². The maximum atomic E-state index is 5.04. The number of amidine groups is 1. The van der Waals surface area contributed by atoms with Crippen molar-refractivity contribution in [2.75, 3.05) is 26.7 Å². The van der Waals surface area contributed by atoms with Crippen LogP contribution in [0.25, 0.3) is 16.8 Å². The maximum Gasteiger partial charge on any atom is 0.158 e. The van der Waals surface area contributed by atoms with Crippen LogP contribution < -0.4 is 0 Å². The molecule has 0 bridgehead atoms. The van der Waals surface area contributed by atoms with Crippen molar-refractivity contribution in [1.82, 2.24) is 14.8 Å². The Morgan fingerprint density at radius 2 is 1.83 bits per heavy atom. The van der Waals surface area contributed by atoms with Gasteiger partial charge in [0.2, 0.25) is 0 Å². The fourth-order valence-electron chi connectivity index (χ4n) is 5.58. The lowest BCUT2D eigenvalue weighted by molar-refractivity contribution is 0.160. The maximum absolute atomic E-state index is 5.04. The van der Waals surface area contributed by atoms with Gasteiger partial charge in [0, 0.05) is 36.7 Å². The van der Waals surface area contributed by atoms with Crippen molar-refractivity contribution < 1.29 is 0 Å². The summed E-state index contributed by atoms with van der Waals surface area (Å²) >= 11 is 0. The molecule has 30 heavy (non-hydrogen) atoms. The highest BCUT2D eigenvalue weighted by Gasteiger charge is 2.39. The fraction of sp³-hybridized carbons (Fsp3) is 0.462. The summed E-state index contributed by atoms with van der Waals surface area (Å²) in [6.45, 7) is 14.0. The van der Waals surface area contributed by atoms with Crippen molar-refractivity contribution >= 4 is 17.2 Å². The lowest BCUT2D eigenvalue weighted by atomic mass is 9.92. The van der Waals surface area contributed by atoms with E-state index in [0.29, 0.717) is 6.04 Å². The van der Waals surface area contributed by atoms with E-state index in [4.69, 9.17) is 9.98 Å². The molecule has 4 heterocycles. The molecule has 4 nitrogen and oxygen atoms in total. The number of piperidine rings is 1. The van der Waals surface area contributed by atoms with Crippen molar-refractivity contribution in [1.29, 1.82) is 0 Å². The summed E-state index contributed by atoms with van der Waals surface area (Å²) in [4.78, 5) is 15.1. The second-order valence-electron chi connectivity index (χ2n) is 9.51. The highest BCUT2D eigenvalue weighted by Crippen LogP contribution is 2.37. The molecule has 0 saturated carbocycles. The van der Waals surface area contributed by atoms with Crippen molar-refractivity contribution in [2.24, 2.45) is 10.9 Å². The first-order chi connectivity index (χ1) is 14.4. The van der Waals surface area contributed by atoms with Crippen LogP contribution >= 0.6 is 0 Å². The van der Waals surface area contributed by atoms with E-state index in [1.165, 1.54) is 53.0 Å². The van der Waals surface area contributed by atoms with E-state index in [-0.39, 0.29) is 0 Å². The molecule has 0 radical (unpaired) electrons. The van der Waals surface area contributed by atoms with Crippen LogP contribution in [0.15, 0.2) is 35.8 Å². The molecule has 3 aliphatic rings. The summed E-state index contributed by atoms with van der Waals surface area (Å²) in [5, 5.41) is 0. The number of pyridine rings is 1. The van der Waals surface area contributed by atoms with Gasteiger partial charge in [0.05, 0.1) is 5.69 Å². The van der Waals surface area contributed by atoms with Gasteiger partial charge in [-0.3, -0.25) is 0 Å². The van der Waals surface area contributed by atoms with Crippen LogP contribution in [-0.4, -0.2) is 53.3 Å². The molecule has 2 atom stereocenters. The first kappa shape index (κ1) is 19.5. The monoisotopic (exact) mass is 400 g/mol. The number of allylic oxidation sites excluding steroid dienone is 1. The zero-order valence-corrected chi connectivity index (χ0v) is 18.7. The van der Waals surface area contributed by atoms with Gasteiger partial charge in [0.1, 0.15) is 5.84 Å². The minimum atomic E-state index is 0.621. The number of rotatable bonds is 2. The predicted molar refractivity (Wildman–Crippen MR) is 125 cm³/mol. The van der Waals surface area contributed by atoms with Crippen LogP contribution in [0, 0.1) is 19.8 Å². The number of aliphatic imine (C=N–C) groups is 1. The quantitative estimate of drug-likeness (QED) is 0.710. The number of likely N-dealkylation sites (tertiary alicyclic amines) is 2. The number of hydrogen-bond acceptors (Lipinski definition) is 4. The topological polar surface area (TPSA) is 31.7 Å². The average molecular weight is 401 g/mol. The Bertz CT molecular complexity index is 1030. The number of benzene rings is 1. The molecule has 0 amide bonds. The van der Waals surface area contributed by atoms with Crippen LogP contribution in [0.5, 0.6) is 0 Å². The zero-order valence-electron chi connectivity index (χ0n) is 18.7. The molecular formula is C26H32N4. The number of hydrogen-bond donors (Lipinski definition) is 0. The molecule has 5 rings (SSSR count). The molecule has 2 saturated heterocycles. The lowest BCUT2D eigenvalue weighted by Crippen LogP contribution is -2.48. The third-order valence-corrected chi connectivity index (χ3v) is 7.22. The third-order valence-electron chi connectivity index (χ3n) is 7.22. The number of likely N-dealkylation sites (N-methyl/N-ethyl adjacent to an activating group) is 1. The summed E-state index contributed by atoms with van der Waals surface area (Å²) < 4.78 is 0. The molecule has 2 fully saturated rings. The van der Waals surface area contributed by atoms with E-state index >= 15 is 0 Å². The summed E-state index contributed by atoms with van der Waals surface area (Å²) in [7, 11) is 2.25. The van der Waals surface area contributed by atoms with Crippen molar-refractivity contribution in [3.63, 3.8) is 0 Å². The Balaban J connectivity index is 1.45. The van der Waals surface area contributed by atoms with E-state index in [0.717, 1.165) is 42.5 Å². The Kier molecular flexibility index (Phi) is 4.78. The average Bonchev–Trinajstić information content (AvgIpc) is 3.30. The van der Waals surface area contributed by atoms with Crippen LogP contribution in [0.2, 0.25) is 0 Å². The molecule has 2 unspecified atom stereocenters. The molecule has 0 N–H and O–H groups in total. The van der Waals surface area contributed by atoms with Gasteiger partial charge in [0.25, 0.3) is 0 Å². The minimum Gasteiger partial charge on any atom is -0.355 e. The molecule has 0 spiro atoms. The molecule has 2 aromatic rings. The second kappa shape index (κ2) is 7.35. The number of nitrogens with zero attached hydrogens (tertiary/aromatic N) is 4. The van der Waals surface area contributed by atoms with Gasteiger partial charge in [0.15, 0.2) is 5.82 Å². The Labute approximate surface area is 180 Å². The molecule has 1 aromatic carbocycles. The van der Waals surface area contributed by atoms with E-state index in [2.05, 4.69) is 68.5 Å². The molecule has 3 aliphatic heterocycles. The SMILES string of the molecule is C=C(C)c1cc(C)c(-c2ccc3c(n2)N=C(N2CCC4CCN(C)CC42)C3)c(C)c1. The number of fused-ring (bicyclic) bond motifs is 2. The second-order valence-corrected chi connectivity index (χ2v) is 9.51. The van der Waals surface area contributed by atoms with Gasteiger partial charge >= 0.3 is 0 Å². The zero-order chi connectivity index (χ0) is 21.0. The summed E-state index contributed by atoms with van der Waals surface area (Å²) in [5.41, 5.74) is 8.30. The highest BCUT2D eigenvalue weighted by atomic mass is 15.3. The van der Waals surface area contributed by atoms with Gasteiger partial charge in [-0.25, -0.2) is 9.98 Å². The van der Waals surface area contributed by atoms with Gasteiger partial charge in [-0.15, -0.1) is 0 Å². The minimum absolute atomic E-state index is 0.621. The Morgan fingerprint density at radius 1 is 1.10 bits per heavy atom. The molecular weight excluding hydrogens is 368 g/mol. The standard InChI is InChI=1S/C26H32N4/c1-16(2)21-12-17(3)25(18(4)13-21)22-7-6-20-14-24(28-26(20)27-22)30-11-9-19-8-10-29(5)15-23(19)30/h6-7,12-13,19,23H,1,8-11,14-15H2,2-5H3. The normalized spacial score (nSPS) is 23.3. The lowest BCUT2D eigenvalue weighted by Gasteiger charge is -2.37. The van der Waals surface area contributed by atoms with Crippen LogP contribution in [0.3, 0.4) is 0 Å². The van der Waals surface area contributed by atoms with Crippen molar-refractivity contribution in [3.05, 3.63) is 53.1 Å². The van der Waals surface area contributed by atoms with E-state index in [9.17, 15) is 0 Å². The fourth-order valence-corrected chi connectivity index (χ4v) is 5.58. The summed E-state index contributed by atoms with van der Waals surface area (Å²) in [5.74, 6) is 2.97. The molecule has 4 heteroatoms. The van der Waals surface area contributed by atoms with Crippen molar-refractivity contribution in [3.8, 4) is 11.3 Å². The van der Waals surface area contributed by atoms with Crippen LogP contribution in [0.4, 0.5) is 5.82 Å². The van der Waals surface area contributed by atoms with Gasteiger partial charge in [-0.1, -0.05) is 30.4 Å². The smallest absolute Gasteiger partial charge is 0.158 e. The first-order valence-corrected chi connectivity index (χ1v) is 11.2. The summed E-state index contributed by atoms with van der Waals surface area (Å²) in [6.07, 6.45) is 3.54. The predicted octanol–water partition coefficient (Wildman–Crippen LogP) is 5.01. The Hall–Kier alpha value is -2.46. The van der Waals surface area contributed by atoms with Crippen LogP contribution in [0.1, 0.15) is 42.0 Å². The van der Waals surface area contributed by atoms with Crippen molar-refractivity contribution in [2.45, 2.75) is 46.1 Å². The number of aromatic nitrogens is 1. The third kappa shape index (κ3) is 3.27. The molecule has 156 valence electrons. The van der Waals surface area contributed by atoms with E-state index < -0.39 is 0 Å².